The molecule has 0 aromatic rings. The van der Waals surface area contributed by atoms with Gasteiger partial charge in [-0.05, 0) is 88.9 Å². The summed E-state index contributed by atoms with van der Waals surface area (Å²) in [6.07, 6.45) is 9.98. The van der Waals surface area contributed by atoms with Crippen LogP contribution in [0.1, 0.15) is 119 Å². The van der Waals surface area contributed by atoms with Crippen LogP contribution in [0.2, 0.25) is 0 Å². The van der Waals surface area contributed by atoms with Crippen molar-refractivity contribution in [3.63, 3.8) is 0 Å². The Morgan fingerprint density at radius 2 is 1.42 bits per heavy atom. The molecule has 4 saturated heterocycles. The second-order valence-corrected chi connectivity index (χ2v) is 14.7. The van der Waals surface area contributed by atoms with Crippen LogP contribution in [0.15, 0.2) is 0 Å². The van der Waals surface area contributed by atoms with Gasteiger partial charge in [0.25, 0.3) is 0 Å². The van der Waals surface area contributed by atoms with Gasteiger partial charge in [-0.15, -0.1) is 0 Å². The summed E-state index contributed by atoms with van der Waals surface area (Å²) < 4.78 is 19.8. The average Bonchev–Trinajstić information content (AvgIpc) is 3.05. The second kappa shape index (κ2) is 7.56. The van der Waals surface area contributed by atoms with Crippen molar-refractivity contribution in [2.24, 2.45) is 28.1 Å². The highest BCUT2D eigenvalue weighted by Crippen LogP contribution is 2.69. The minimum atomic E-state index is -1.57. The quantitative estimate of drug-likeness (QED) is 0.545. The minimum Gasteiger partial charge on any atom is -0.364 e. The smallest absolute Gasteiger partial charge is 0.226 e. The maximum Gasteiger partial charge on any atom is 0.226 e. The van der Waals surface area contributed by atoms with E-state index in [4.69, 9.17) is 14.2 Å². The number of hydrogen-bond acceptors (Lipinski definition) is 6. The van der Waals surface area contributed by atoms with E-state index in [0.29, 0.717) is 31.1 Å². The zero-order valence-corrected chi connectivity index (χ0v) is 23.3. The number of carbonyl (C=O) groups is 1. The fourth-order valence-electron chi connectivity index (χ4n) is 10.1. The molecule has 36 heavy (non-hydrogen) atoms. The van der Waals surface area contributed by atoms with Gasteiger partial charge in [0.2, 0.25) is 5.79 Å². The van der Waals surface area contributed by atoms with Gasteiger partial charge in [0, 0.05) is 30.1 Å². The van der Waals surface area contributed by atoms with Crippen LogP contribution in [-0.4, -0.2) is 51.0 Å². The number of fused-ring (bicyclic) bond motifs is 4. The highest BCUT2D eigenvalue weighted by Gasteiger charge is 2.73. The third kappa shape index (κ3) is 2.94. The van der Waals surface area contributed by atoms with Crippen molar-refractivity contribution < 1.29 is 29.2 Å². The predicted molar refractivity (Wildman–Crippen MR) is 135 cm³/mol. The molecule has 3 saturated carbocycles. The van der Waals surface area contributed by atoms with Crippen LogP contribution < -0.4 is 0 Å². The molecule has 6 heteroatoms. The lowest BCUT2D eigenvalue weighted by Crippen LogP contribution is -2.70. The molecule has 0 amide bonds. The van der Waals surface area contributed by atoms with E-state index in [0.717, 1.165) is 57.8 Å². The molecule has 2 N–H and O–H groups in total. The number of rotatable bonds is 3. The average molecular weight is 505 g/mol. The fraction of sp³-hybridized carbons (Fsp3) is 0.967. The van der Waals surface area contributed by atoms with Gasteiger partial charge in [0.05, 0.1) is 12.2 Å². The SMILES string of the molecule is CC1CCC2OC3(O)CCC2(CCC3=O)C1(C)CCC1(C)C(C)CCC2OC(C)(C)C3(O)CCC21O3. The minimum absolute atomic E-state index is 0.00210. The topological polar surface area (TPSA) is 85.2 Å². The number of ketones is 1. The van der Waals surface area contributed by atoms with Gasteiger partial charge in [0.15, 0.2) is 11.6 Å². The molecule has 4 heterocycles. The number of ether oxygens (including phenoxy) is 3. The Kier molecular flexibility index (Phi) is 5.40. The Morgan fingerprint density at radius 3 is 2.14 bits per heavy atom. The summed E-state index contributed by atoms with van der Waals surface area (Å²) in [5.41, 5.74) is -1.39. The van der Waals surface area contributed by atoms with Crippen LogP contribution in [0.3, 0.4) is 0 Å². The summed E-state index contributed by atoms with van der Waals surface area (Å²) in [4.78, 5) is 12.8. The van der Waals surface area contributed by atoms with Gasteiger partial charge in [-0.3, -0.25) is 4.79 Å². The Morgan fingerprint density at radius 1 is 0.778 bits per heavy atom. The molecule has 3 aliphatic carbocycles. The lowest BCUT2D eigenvalue weighted by Gasteiger charge is -2.64. The molecular weight excluding hydrogens is 456 g/mol. The van der Waals surface area contributed by atoms with Crippen LogP contribution in [0.25, 0.3) is 0 Å². The van der Waals surface area contributed by atoms with E-state index in [1.165, 1.54) is 0 Å². The summed E-state index contributed by atoms with van der Waals surface area (Å²) >= 11 is 0. The highest BCUT2D eigenvalue weighted by molar-refractivity contribution is 5.86. The monoisotopic (exact) mass is 504 g/mol. The zero-order chi connectivity index (χ0) is 26.0. The summed E-state index contributed by atoms with van der Waals surface area (Å²) in [6, 6.07) is 0. The summed E-state index contributed by atoms with van der Waals surface area (Å²) in [5, 5.41) is 22.5. The Bertz CT molecular complexity index is 950. The van der Waals surface area contributed by atoms with Crippen LogP contribution in [0.5, 0.6) is 0 Å². The van der Waals surface area contributed by atoms with Crippen molar-refractivity contribution in [3.05, 3.63) is 0 Å². The maximum absolute atomic E-state index is 12.8. The molecule has 204 valence electrons. The lowest BCUT2D eigenvalue weighted by atomic mass is 9.45. The Hall–Kier alpha value is -0.530. The first-order chi connectivity index (χ1) is 16.7. The van der Waals surface area contributed by atoms with Crippen LogP contribution in [0, 0.1) is 28.1 Å². The lowest BCUT2D eigenvalue weighted by molar-refractivity contribution is -0.410. The Labute approximate surface area is 216 Å². The molecule has 7 rings (SSSR count). The molecule has 10 unspecified atom stereocenters. The van der Waals surface area contributed by atoms with Crippen molar-refractivity contribution in [2.75, 3.05) is 0 Å². The standard InChI is InChI=1S/C30H48O6/c1-19-7-9-22-27(12-11-21(31)29(32,35-22)17-15-27)25(19,5)13-14-26(6)20(2)8-10-23-28(26)16-18-30(33,36-28)24(3,4)34-23/h19-20,22-23,32-33H,7-18H2,1-6H3. The maximum atomic E-state index is 12.8. The predicted octanol–water partition coefficient (Wildman–Crippen LogP) is 5.27. The van der Waals surface area contributed by atoms with Gasteiger partial charge < -0.3 is 24.4 Å². The zero-order valence-electron chi connectivity index (χ0n) is 23.3. The number of aliphatic hydroxyl groups is 2. The highest BCUT2D eigenvalue weighted by atomic mass is 16.7. The van der Waals surface area contributed by atoms with Gasteiger partial charge in [-0.25, -0.2) is 0 Å². The van der Waals surface area contributed by atoms with E-state index in [2.05, 4.69) is 27.7 Å². The third-order valence-corrected chi connectivity index (χ3v) is 13.3. The van der Waals surface area contributed by atoms with Crippen LogP contribution in [-0.2, 0) is 19.0 Å². The molecule has 0 radical (unpaired) electrons. The summed E-state index contributed by atoms with van der Waals surface area (Å²) in [5.74, 6) is -1.97. The van der Waals surface area contributed by atoms with Crippen LogP contribution >= 0.6 is 0 Å². The van der Waals surface area contributed by atoms with E-state index in [9.17, 15) is 15.0 Å². The fourth-order valence-corrected chi connectivity index (χ4v) is 10.1. The van der Waals surface area contributed by atoms with Gasteiger partial charge in [0.1, 0.15) is 11.2 Å². The summed E-state index contributed by atoms with van der Waals surface area (Å²) in [6.45, 7) is 13.6. The first-order valence-electron chi connectivity index (χ1n) is 14.7. The molecular formula is C30H48O6. The molecule has 0 aromatic heterocycles. The van der Waals surface area contributed by atoms with E-state index in [-0.39, 0.29) is 34.2 Å². The Balaban J connectivity index is 1.34. The van der Waals surface area contributed by atoms with E-state index >= 15 is 0 Å². The van der Waals surface area contributed by atoms with Gasteiger partial charge in [-0.1, -0.05) is 27.7 Å². The molecule has 10 atom stereocenters. The number of Topliss-reactive ketones (excluding diaryl/α,β-unsaturated/α-hetero) is 1. The van der Waals surface area contributed by atoms with Crippen LogP contribution in [0.4, 0.5) is 0 Å². The van der Waals surface area contributed by atoms with E-state index in [1.807, 2.05) is 13.8 Å². The molecule has 2 spiro atoms. The third-order valence-electron chi connectivity index (χ3n) is 13.3. The number of carbonyl (C=O) groups excluding carboxylic acids is 1. The number of hydrogen-bond donors (Lipinski definition) is 2. The normalized spacial score (nSPS) is 57.7. The van der Waals surface area contributed by atoms with Crippen molar-refractivity contribution >= 4 is 5.78 Å². The van der Waals surface area contributed by atoms with Crippen molar-refractivity contribution in [1.82, 2.24) is 0 Å². The van der Waals surface area contributed by atoms with Crippen molar-refractivity contribution in [3.8, 4) is 0 Å². The van der Waals surface area contributed by atoms with Gasteiger partial charge in [-0.2, -0.15) is 0 Å². The van der Waals surface area contributed by atoms with Crippen molar-refractivity contribution in [2.45, 2.75) is 154 Å². The molecule has 7 aliphatic rings. The molecule has 0 aromatic carbocycles. The van der Waals surface area contributed by atoms with Gasteiger partial charge >= 0.3 is 0 Å². The summed E-state index contributed by atoms with van der Waals surface area (Å²) in [7, 11) is 0. The molecule has 4 bridgehead atoms. The molecule has 7 fully saturated rings. The molecule has 4 aliphatic heterocycles. The van der Waals surface area contributed by atoms with E-state index < -0.39 is 22.8 Å². The first-order valence-corrected chi connectivity index (χ1v) is 14.7. The largest absolute Gasteiger partial charge is 0.364 e. The molecule has 6 nitrogen and oxygen atoms in total. The first kappa shape index (κ1) is 25.7. The second-order valence-electron chi connectivity index (χ2n) is 14.7. The van der Waals surface area contributed by atoms with E-state index in [1.54, 1.807) is 0 Å². The van der Waals surface area contributed by atoms with Crippen molar-refractivity contribution in [1.29, 1.82) is 0 Å².